The van der Waals surface area contributed by atoms with Crippen LogP contribution in [-0.4, -0.2) is 21.8 Å². The molecule has 0 radical (unpaired) electrons. The van der Waals surface area contributed by atoms with Gasteiger partial charge in [0.05, 0.1) is 6.33 Å². The quantitative estimate of drug-likeness (QED) is 0.682. The van der Waals surface area contributed by atoms with E-state index < -0.39 is 17.6 Å². The molecule has 3 aromatic rings. The Bertz CT molecular complexity index is 828. The summed E-state index contributed by atoms with van der Waals surface area (Å²) in [5.41, 5.74) is 2.07. The number of aromatic amines is 1. The fraction of sp³-hybridized carbons (Fsp3) is 0.0556. The molecular weight excluding hydrogens is 323 g/mol. The van der Waals surface area contributed by atoms with Gasteiger partial charge in [0, 0.05) is 11.4 Å². The van der Waals surface area contributed by atoms with Gasteiger partial charge in [-0.25, -0.2) is 9.37 Å². The first-order valence-electron chi connectivity index (χ1n) is 7.51. The molecule has 0 spiro atoms. The third kappa shape index (κ3) is 3.89. The van der Waals surface area contributed by atoms with Gasteiger partial charge in [-0.3, -0.25) is 9.59 Å². The molecule has 1 aromatic heterocycles. The van der Waals surface area contributed by atoms with E-state index in [1.807, 2.05) is 19.1 Å². The van der Waals surface area contributed by atoms with Crippen LogP contribution in [0.2, 0.25) is 0 Å². The number of carbonyl (C=O) groups is 2. The van der Waals surface area contributed by atoms with Gasteiger partial charge in [0.1, 0.15) is 11.5 Å². The molecule has 0 bridgehead atoms. The van der Waals surface area contributed by atoms with Crippen molar-refractivity contribution in [1.29, 1.82) is 0 Å². The third-order valence-corrected chi connectivity index (χ3v) is 3.49. The van der Waals surface area contributed by atoms with Crippen LogP contribution >= 0.6 is 0 Å². The Hall–Kier alpha value is -3.48. The second-order valence-corrected chi connectivity index (χ2v) is 5.41. The van der Waals surface area contributed by atoms with Crippen molar-refractivity contribution < 1.29 is 14.0 Å². The molecule has 126 valence electrons. The average molecular weight is 338 g/mol. The van der Waals surface area contributed by atoms with Gasteiger partial charge < -0.3 is 15.6 Å². The Kier molecular flexibility index (Phi) is 4.56. The Morgan fingerprint density at radius 3 is 2.12 bits per heavy atom. The number of aromatic nitrogens is 2. The van der Waals surface area contributed by atoms with Crippen molar-refractivity contribution in [2.75, 3.05) is 10.6 Å². The molecule has 25 heavy (non-hydrogen) atoms. The standard InChI is InChI=1S/C18H15FN4O2/c1-11-2-6-13(7-3-11)22-17(24)15-16(21-10-20-15)18(25)23-14-8-4-12(19)5-9-14/h2-10H,1H3,(H,20,21)(H,22,24)(H,23,25). The van der Waals surface area contributed by atoms with Crippen molar-refractivity contribution in [3.05, 3.63) is 77.6 Å². The number of imidazole rings is 1. The number of H-pyrrole nitrogens is 1. The summed E-state index contributed by atoms with van der Waals surface area (Å²) in [4.78, 5) is 31.3. The largest absolute Gasteiger partial charge is 0.340 e. The van der Waals surface area contributed by atoms with Crippen LogP contribution in [0.3, 0.4) is 0 Å². The Balaban J connectivity index is 1.74. The lowest BCUT2D eigenvalue weighted by Gasteiger charge is -2.07. The zero-order chi connectivity index (χ0) is 17.8. The molecule has 2 amide bonds. The maximum Gasteiger partial charge on any atom is 0.276 e. The zero-order valence-electron chi connectivity index (χ0n) is 13.3. The molecule has 6 nitrogen and oxygen atoms in total. The predicted molar refractivity (Wildman–Crippen MR) is 92.1 cm³/mol. The maximum atomic E-state index is 12.9. The van der Waals surface area contributed by atoms with Gasteiger partial charge in [0.25, 0.3) is 11.8 Å². The Morgan fingerprint density at radius 2 is 1.48 bits per heavy atom. The molecule has 0 fully saturated rings. The molecule has 1 heterocycles. The molecule has 0 unspecified atom stereocenters. The Labute approximate surface area is 143 Å². The summed E-state index contributed by atoms with van der Waals surface area (Å²) in [6, 6.07) is 12.6. The fourth-order valence-corrected chi connectivity index (χ4v) is 2.19. The van der Waals surface area contributed by atoms with E-state index in [0.29, 0.717) is 11.4 Å². The highest BCUT2D eigenvalue weighted by Gasteiger charge is 2.20. The van der Waals surface area contributed by atoms with E-state index in [1.54, 1.807) is 12.1 Å². The molecule has 0 aliphatic heterocycles. The second kappa shape index (κ2) is 6.96. The smallest absolute Gasteiger partial charge is 0.276 e. The van der Waals surface area contributed by atoms with Gasteiger partial charge in [-0.1, -0.05) is 17.7 Å². The number of nitrogens with zero attached hydrogens (tertiary/aromatic N) is 1. The molecule has 0 saturated heterocycles. The van der Waals surface area contributed by atoms with Gasteiger partial charge in [0.2, 0.25) is 0 Å². The van der Waals surface area contributed by atoms with Crippen LogP contribution in [0.1, 0.15) is 26.5 Å². The molecule has 0 aliphatic rings. The number of anilines is 2. The number of hydrogen-bond acceptors (Lipinski definition) is 3. The monoisotopic (exact) mass is 338 g/mol. The highest BCUT2D eigenvalue weighted by atomic mass is 19.1. The van der Waals surface area contributed by atoms with Gasteiger partial charge in [-0.15, -0.1) is 0 Å². The third-order valence-electron chi connectivity index (χ3n) is 3.49. The number of aryl methyl sites for hydroxylation is 1. The van der Waals surface area contributed by atoms with Crippen LogP contribution in [0.25, 0.3) is 0 Å². The van der Waals surface area contributed by atoms with Crippen LogP contribution in [0.5, 0.6) is 0 Å². The summed E-state index contributed by atoms with van der Waals surface area (Å²) in [6.45, 7) is 1.94. The first-order valence-corrected chi connectivity index (χ1v) is 7.51. The molecule has 3 N–H and O–H groups in total. The van der Waals surface area contributed by atoms with E-state index in [9.17, 15) is 14.0 Å². The zero-order valence-corrected chi connectivity index (χ0v) is 13.3. The van der Waals surface area contributed by atoms with Crippen LogP contribution in [0, 0.1) is 12.7 Å². The SMILES string of the molecule is Cc1ccc(NC(=O)c2[nH]cnc2C(=O)Nc2ccc(F)cc2)cc1. The van der Waals surface area contributed by atoms with Crippen molar-refractivity contribution in [3.8, 4) is 0 Å². The van der Waals surface area contributed by atoms with E-state index in [-0.39, 0.29) is 11.4 Å². The van der Waals surface area contributed by atoms with Crippen LogP contribution in [-0.2, 0) is 0 Å². The number of benzene rings is 2. The number of amides is 2. The molecule has 7 heteroatoms. The normalized spacial score (nSPS) is 10.3. The molecule has 0 atom stereocenters. The fourth-order valence-electron chi connectivity index (χ4n) is 2.19. The highest BCUT2D eigenvalue weighted by molar-refractivity contribution is 6.13. The minimum absolute atomic E-state index is 0.0418. The summed E-state index contributed by atoms with van der Waals surface area (Å²) in [5.74, 6) is -1.46. The molecule has 2 aromatic carbocycles. The van der Waals surface area contributed by atoms with Crippen LogP contribution in [0.4, 0.5) is 15.8 Å². The number of carbonyl (C=O) groups excluding carboxylic acids is 2. The summed E-state index contributed by atoms with van der Waals surface area (Å²) >= 11 is 0. The first-order chi connectivity index (χ1) is 12.0. The van der Waals surface area contributed by atoms with Crippen molar-refractivity contribution in [2.24, 2.45) is 0 Å². The van der Waals surface area contributed by atoms with E-state index in [4.69, 9.17) is 0 Å². The van der Waals surface area contributed by atoms with Gasteiger partial charge in [-0.05, 0) is 43.3 Å². The van der Waals surface area contributed by atoms with Crippen molar-refractivity contribution in [1.82, 2.24) is 9.97 Å². The first kappa shape index (κ1) is 16.4. The van der Waals surface area contributed by atoms with Gasteiger partial charge in [-0.2, -0.15) is 0 Å². The Morgan fingerprint density at radius 1 is 0.920 bits per heavy atom. The topological polar surface area (TPSA) is 86.9 Å². The van der Waals surface area contributed by atoms with Crippen molar-refractivity contribution in [2.45, 2.75) is 6.92 Å². The maximum absolute atomic E-state index is 12.9. The highest BCUT2D eigenvalue weighted by Crippen LogP contribution is 2.14. The summed E-state index contributed by atoms with van der Waals surface area (Å²) in [7, 11) is 0. The van der Waals surface area contributed by atoms with Crippen molar-refractivity contribution >= 4 is 23.2 Å². The molecule has 0 saturated carbocycles. The lowest BCUT2D eigenvalue weighted by atomic mass is 10.2. The number of hydrogen-bond donors (Lipinski definition) is 3. The van der Waals surface area contributed by atoms with Crippen LogP contribution < -0.4 is 10.6 Å². The molecular formula is C18H15FN4O2. The van der Waals surface area contributed by atoms with Gasteiger partial charge in [0.15, 0.2) is 5.69 Å². The lowest BCUT2D eigenvalue weighted by Crippen LogP contribution is -2.20. The van der Waals surface area contributed by atoms with E-state index in [0.717, 1.165) is 5.56 Å². The lowest BCUT2D eigenvalue weighted by molar-refractivity contribution is 0.0985. The predicted octanol–water partition coefficient (Wildman–Crippen LogP) is 3.36. The number of halogens is 1. The van der Waals surface area contributed by atoms with E-state index in [1.165, 1.54) is 30.6 Å². The van der Waals surface area contributed by atoms with E-state index in [2.05, 4.69) is 20.6 Å². The molecule has 3 rings (SSSR count). The summed E-state index contributed by atoms with van der Waals surface area (Å²) in [6.07, 6.45) is 1.27. The minimum atomic E-state index is -0.568. The van der Waals surface area contributed by atoms with Crippen LogP contribution in [0.15, 0.2) is 54.9 Å². The number of nitrogens with one attached hydrogen (secondary N) is 3. The summed E-state index contributed by atoms with van der Waals surface area (Å²) < 4.78 is 12.9. The van der Waals surface area contributed by atoms with Crippen molar-refractivity contribution in [3.63, 3.8) is 0 Å². The number of rotatable bonds is 4. The minimum Gasteiger partial charge on any atom is -0.340 e. The van der Waals surface area contributed by atoms with E-state index >= 15 is 0 Å². The summed E-state index contributed by atoms with van der Waals surface area (Å²) in [5, 5.41) is 5.27. The average Bonchev–Trinajstić information content (AvgIpc) is 3.09. The second-order valence-electron chi connectivity index (χ2n) is 5.41. The molecule has 0 aliphatic carbocycles. The van der Waals surface area contributed by atoms with Gasteiger partial charge >= 0.3 is 0 Å².